The average Bonchev–Trinajstić information content (AvgIpc) is 3.00. The van der Waals surface area contributed by atoms with E-state index in [1.54, 1.807) is 6.92 Å². The van der Waals surface area contributed by atoms with Crippen LogP contribution in [0.25, 0.3) is 0 Å². The van der Waals surface area contributed by atoms with Crippen molar-refractivity contribution in [1.82, 2.24) is 19.7 Å². The number of aliphatic carboxylic acids is 1. The summed E-state index contributed by atoms with van der Waals surface area (Å²) in [7, 11) is 0. The van der Waals surface area contributed by atoms with Gasteiger partial charge in [-0.15, -0.1) is 10.2 Å². The smallest absolute Gasteiger partial charge is 0.416 e. The number of aryl methyl sites for hydroxylation is 1. The molecule has 1 atom stereocenters. The minimum absolute atomic E-state index is 0.166. The summed E-state index contributed by atoms with van der Waals surface area (Å²) in [5, 5.41) is 17.6. The lowest BCUT2D eigenvalue weighted by Crippen LogP contribution is -2.48. The Bertz CT molecular complexity index is 838. The van der Waals surface area contributed by atoms with Crippen LogP contribution in [-0.4, -0.2) is 49.9 Å². The minimum Gasteiger partial charge on any atom is -0.494 e. The normalized spacial score (nSPS) is 17.4. The van der Waals surface area contributed by atoms with E-state index in [2.05, 4.69) is 10.2 Å². The van der Waals surface area contributed by atoms with Crippen LogP contribution in [0, 0.1) is 6.92 Å². The topological polar surface area (TPSA) is 80.5 Å². The van der Waals surface area contributed by atoms with Crippen LogP contribution in [0.1, 0.15) is 30.1 Å². The summed E-state index contributed by atoms with van der Waals surface area (Å²) >= 11 is 0. The van der Waals surface area contributed by atoms with Gasteiger partial charge in [-0.2, -0.15) is 13.2 Å². The second-order valence-electron chi connectivity index (χ2n) is 6.68. The highest BCUT2D eigenvalue weighted by Crippen LogP contribution is 2.31. The van der Waals surface area contributed by atoms with E-state index in [9.17, 15) is 23.1 Å². The molecule has 0 bridgehead atoms. The number of rotatable bonds is 7. The van der Waals surface area contributed by atoms with Crippen molar-refractivity contribution in [3.05, 3.63) is 41.5 Å². The molecule has 2 heterocycles. The molecule has 1 aromatic heterocycles. The summed E-state index contributed by atoms with van der Waals surface area (Å²) in [5.74, 6) is 0.685. The molecular formula is C18H21F3N4O3. The number of aromatic nitrogens is 3. The van der Waals surface area contributed by atoms with E-state index in [0.29, 0.717) is 38.3 Å². The third kappa shape index (κ3) is 4.61. The van der Waals surface area contributed by atoms with E-state index in [4.69, 9.17) is 4.74 Å². The minimum atomic E-state index is -4.40. The van der Waals surface area contributed by atoms with Crippen LogP contribution in [0.15, 0.2) is 24.3 Å². The molecule has 2 aromatic rings. The Balaban J connectivity index is 1.49. The summed E-state index contributed by atoms with van der Waals surface area (Å²) in [6.07, 6.45) is -3.17. The van der Waals surface area contributed by atoms with Crippen molar-refractivity contribution < 1.29 is 27.8 Å². The molecule has 0 saturated carbocycles. The highest BCUT2D eigenvalue weighted by molar-refractivity contribution is 5.73. The van der Waals surface area contributed by atoms with E-state index < -0.39 is 23.8 Å². The van der Waals surface area contributed by atoms with Gasteiger partial charge in [0.2, 0.25) is 0 Å². The predicted molar refractivity (Wildman–Crippen MR) is 92.8 cm³/mol. The Morgan fingerprint density at radius 1 is 1.32 bits per heavy atom. The number of nitrogens with zero attached hydrogens (tertiary/aromatic N) is 4. The second-order valence-corrected chi connectivity index (χ2v) is 6.68. The van der Waals surface area contributed by atoms with Crippen LogP contribution in [0.3, 0.4) is 0 Å². The fraction of sp³-hybridized carbons (Fsp3) is 0.500. The molecule has 10 heteroatoms. The largest absolute Gasteiger partial charge is 0.494 e. The summed E-state index contributed by atoms with van der Waals surface area (Å²) in [4.78, 5) is 13.4. The number of fused-ring (bicyclic) bond motifs is 1. The lowest BCUT2D eigenvalue weighted by Gasteiger charge is -2.33. The first-order chi connectivity index (χ1) is 13.3. The zero-order valence-corrected chi connectivity index (χ0v) is 15.3. The van der Waals surface area contributed by atoms with Gasteiger partial charge < -0.3 is 14.4 Å². The van der Waals surface area contributed by atoms with Crippen molar-refractivity contribution in [2.45, 2.75) is 45.1 Å². The first-order valence-electron chi connectivity index (χ1n) is 8.91. The van der Waals surface area contributed by atoms with Crippen molar-refractivity contribution in [2.75, 3.05) is 13.2 Å². The summed E-state index contributed by atoms with van der Waals surface area (Å²) < 4.78 is 45.3. The third-order valence-corrected chi connectivity index (χ3v) is 4.71. The van der Waals surface area contributed by atoms with Gasteiger partial charge in [0.1, 0.15) is 23.4 Å². The quantitative estimate of drug-likeness (QED) is 0.723. The summed E-state index contributed by atoms with van der Waals surface area (Å²) in [5.41, 5.74) is -0.748. The van der Waals surface area contributed by atoms with Crippen LogP contribution < -0.4 is 4.74 Å². The van der Waals surface area contributed by atoms with E-state index in [1.807, 2.05) is 9.47 Å². The van der Waals surface area contributed by atoms with Crippen LogP contribution >= 0.6 is 0 Å². The molecule has 0 fully saturated rings. The van der Waals surface area contributed by atoms with Gasteiger partial charge >= 0.3 is 12.1 Å². The first-order valence-corrected chi connectivity index (χ1v) is 8.91. The van der Waals surface area contributed by atoms with Crippen molar-refractivity contribution >= 4 is 5.97 Å². The van der Waals surface area contributed by atoms with Gasteiger partial charge in [0, 0.05) is 0 Å². The molecule has 0 aliphatic carbocycles. The Labute approximate surface area is 159 Å². The maximum absolute atomic E-state index is 12.7. The number of unbranched alkanes of at least 4 members (excludes halogenated alkanes) is 1. The number of ether oxygens (including phenoxy) is 1. The van der Waals surface area contributed by atoms with E-state index in [0.717, 1.165) is 18.0 Å². The molecule has 152 valence electrons. The zero-order chi connectivity index (χ0) is 20.3. The molecule has 1 aliphatic heterocycles. The van der Waals surface area contributed by atoms with Gasteiger partial charge in [0.15, 0.2) is 0 Å². The fourth-order valence-electron chi connectivity index (χ4n) is 3.20. The van der Waals surface area contributed by atoms with E-state index in [-0.39, 0.29) is 12.4 Å². The molecule has 28 heavy (non-hydrogen) atoms. The molecule has 1 aromatic carbocycles. The van der Waals surface area contributed by atoms with Crippen LogP contribution in [0.2, 0.25) is 0 Å². The fourth-order valence-corrected chi connectivity index (χ4v) is 3.20. The molecule has 7 nitrogen and oxygen atoms in total. The molecule has 0 saturated heterocycles. The number of halogens is 3. The van der Waals surface area contributed by atoms with Gasteiger partial charge in [-0.1, -0.05) is 6.07 Å². The van der Waals surface area contributed by atoms with Gasteiger partial charge in [-0.3, -0.25) is 9.69 Å². The number of carboxylic acids is 1. The summed E-state index contributed by atoms with van der Waals surface area (Å²) in [6, 6.07) is 4.10. The molecular weight excluding hydrogens is 377 g/mol. The van der Waals surface area contributed by atoms with Gasteiger partial charge in [0.05, 0.1) is 25.3 Å². The maximum Gasteiger partial charge on any atom is 0.416 e. The Morgan fingerprint density at radius 3 is 2.82 bits per heavy atom. The Morgan fingerprint density at radius 2 is 2.11 bits per heavy atom. The molecule has 0 spiro atoms. The first kappa shape index (κ1) is 20.1. The van der Waals surface area contributed by atoms with E-state index >= 15 is 0 Å². The lowest BCUT2D eigenvalue weighted by atomic mass is 10.1. The summed E-state index contributed by atoms with van der Waals surface area (Å²) in [6.45, 7) is 3.25. The number of carboxylic acid groups (broad SMARTS) is 1. The van der Waals surface area contributed by atoms with Crippen molar-refractivity contribution in [3.63, 3.8) is 0 Å². The number of alkyl halides is 3. The number of carbonyl (C=O) groups is 1. The number of benzene rings is 1. The van der Waals surface area contributed by atoms with Crippen molar-refractivity contribution in [3.8, 4) is 5.75 Å². The maximum atomic E-state index is 12.7. The van der Waals surface area contributed by atoms with Gasteiger partial charge in [-0.05, 0) is 44.5 Å². The van der Waals surface area contributed by atoms with Crippen molar-refractivity contribution in [1.29, 1.82) is 0 Å². The average molecular weight is 398 g/mol. The lowest BCUT2D eigenvalue weighted by molar-refractivity contribution is -0.145. The molecule has 0 amide bonds. The Kier molecular flexibility index (Phi) is 5.87. The predicted octanol–water partition coefficient (Wildman–Crippen LogP) is 2.73. The standard InChI is InChI=1S/C18H21F3N4O3/c1-12-22-23-16-11-24(15(17(26)27)10-25(12)16)7-2-3-8-28-14-6-4-5-13(9-14)18(19,20)21/h4-6,9,15H,2-3,7-8,10-11H2,1H3,(H,26,27). The highest BCUT2D eigenvalue weighted by atomic mass is 19.4. The zero-order valence-electron chi connectivity index (χ0n) is 15.3. The monoisotopic (exact) mass is 398 g/mol. The molecule has 1 N–H and O–H groups in total. The number of hydrogen-bond acceptors (Lipinski definition) is 5. The SMILES string of the molecule is Cc1nnc2n1CC(C(=O)O)N(CCCCOc1cccc(C(F)(F)F)c1)C2. The van der Waals surface area contributed by atoms with Crippen LogP contribution in [-0.2, 0) is 24.1 Å². The van der Waals surface area contributed by atoms with Crippen LogP contribution in [0.5, 0.6) is 5.75 Å². The van der Waals surface area contributed by atoms with Gasteiger partial charge in [0.25, 0.3) is 0 Å². The molecule has 3 rings (SSSR count). The van der Waals surface area contributed by atoms with Crippen molar-refractivity contribution in [2.24, 2.45) is 0 Å². The second kappa shape index (κ2) is 8.17. The van der Waals surface area contributed by atoms with Gasteiger partial charge in [-0.25, -0.2) is 0 Å². The molecule has 1 aliphatic rings. The highest BCUT2D eigenvalue weighted by Gasteiger charge is 2.33. The Hall–Kier alpha value is -2.62. The van der Waals surface area contributed by atoms with Crippen LogP contribution in [0.4, 0.5) is 13.2 Å². The number of hydrogen-bond donors (Lipinski definition) is 1. The van der Waals surface area contributed by atoms with E-state index in [1.165, 1.54) is 12.1 Å². The molecule has 1 unspecified atom stereocenters. The molecule has 0 radical (unpaired) electrons. The third-order valence-electron chi connectivity index (χ3n) is 4.71.